The fraction of sp³-hybridized carbons (Fsp3) is 0.333. The Bertz CT molecular complexity index is 1180. The quantitative estimate of drug-likeness (QED) is 0.438. The van der Waals surface area contributed by atoms with E-state index < -0.39 is 6.10 Å². The number of methoxy groups -OCH3 is 1. The van der Waals surface area contributed by atoms with Crippen LogP contribution in [0.2, 0.25) is 5.02 Å². The van der Waals surface area contributed by atoms with Crippen LogP contribution in [0.5, 0.6) is 5.75 Å². The van der Waals surface area contributed by atoms with Gasteiger partial charge in [0.15, 0.2) is 6.10 Å². The second-order valence-corrected chi connectivity index (χ2v) is 9.46. The van der Waals surface area contributed by atoms with E-state index >= 15 is 0 Å². The molecule has 2 aromatic carbocycles. The maximum Gasteiger partial charge on any atom is 0.338 e. The topological polar surface area (TPSA) is 52.9 Å². The highest BCUT2D eigenvalue weighted by molar-refractivity contribution is 6.30. The van der Waals surface area contributed by atoms with Gasteiger partial charge in [-0.1, -0.05) is 17.7 Å². The molecule has 0 radical (unpaired) electrons. The Kier molecular flexibility index (Phi) is 6.09. The number of carbonyl (C=O) groups excluding carboxylic acids is 1. The van der Waals surface area contributed by atoms with E-state index in [1.807, 2.05) is 24.3 Å². The zero-order valence-corrected chi connectivity index (χ0v) is 19.4. The van der Waals surface area contributed by atoms with Crippen LogP contribution in [0.25, 0.3) is 10.9 Å². The predicted molar refractivity (Wildman–Crippen MR) is 129 cm³/mol. The molecular weight excluding hydrogens is 436 g/mol. The van der Waals surface area contributed by atoms with E-state index in [1.54, 1.807) is 37.6 Å². The number of hydrogen-bond acceptors (Lipinski definition) is 4. The lowest BCUT2D eigenvalue weighted by Crippen LogP contribution is -3.20. The monoisotopic (exact) mass is 463 g/mol. The van der Waals surface area contributed by atoms with E-state index in [2.05, 4.69) is 17.6 Å². The minimum absolute atomic E-state index is 0.174. The summed E-state index contributed by atoms with van der Waals surface area (Å²) in [5.41, 5.74) is 2.33. The number of halogens is 1. The van der Waals surface area contributed by atoms with Crippen LogP contribution < -0.4 is 9.64 Å². The molecule has 5 atom stereocenters. The minimum Gasteiger partial charge on any atom is -0.497 e. The number of fused-ring (bicyclic) bond motifs is 4. The molecule has 5 nitrogen and oxygen atoms in total. The van der Waals surface area contributed by atoms with Gasteiger partial charge in [-0.25, -0.2) is 4.79 Å². The molecule has 1 unspecified atom stereocenters. The largest absolute Gasteiger partial charge is 0.497 e. The van der Waals surface area contributed by atoms with Crippen LogP contribution in [-0.4, -0.2) is 37.2 Å². The van der Waals surface area contributed by atoms with Crippen molar-refractivity contribution in [2.45, 2.75) is 25.0 Å². The van der Waals surface area contributed by atoms with Crippen molar-refractivity contribution in [3.8, 4) is 5.75 Å². The second-order valence-electron chi connectivity index (χ2n) is 9.02. The Labute approximate surface area is 199 Å². The average molecular weight is 464 g/mol. The molecule has 6 rings (SSSR count). The van der Waals surface area contributed by atoms with Gasteiger partial charge >= 0.3 is 5.97 Å². The standard InChI is InChI=1S/C27H27ClN2O3/c1-3-17-16-30-13-11-19(17)14-25(30)26(33-27(31)18-4-6-20(28)7-5-18)22-10-12-29-24-9-8-21(32-2)15-23(22)24/h3-10,12,15,17,19,25-26H,1,11,13-14,16H2,2H3/p+1/t17-,19-,25-,26-/m0/s1. The van der Waals surface area contributed by atoms with Crippen molar-refractivity contribution >= 4 is 28.5 Å². The molecule has 6 heteroatoms. The summed E-state index contributed by atoms with van der Waals surface area (Å²) in [4.78, 5) is 19.2. The van der Waals surface area contributed by atoms with Crippen LogP contribution in [0.1, 0.15) is 34.9 Å². The van der Waals surface area contributed by atoms with Gasteiger partial charge in [0.05, 0.1) is 31.3 Å². The van der Waals surface area contributed by atoms with Gasteiger partial charge in [-0.15, -0.1) is 6.58 Å². The molecule has 2 bridgehead atoms. The maximum atomic E-state index is 13.2. The Morgan fingerprint density at radius 2 is 2.06 bits per heavy atom. The molecule has 0 saturated carbocycles. The summed E-state index contributed by atoms with van der Waals surface area (Å²) in [7, 11) is 1.65. The van der Waals surface area contributed by atoms with Crippen LogP contribution in [0, 0.1) is 11.8 Å². The Morgan fingerprint density at radius 3 is 2.76 bits per heavy atom. The van der Waals surface area contributed by atoms with E-state index in [0.29, 0.717) is 22.4 Å². The zero-order valence-electron chi connectivity index (χ0n) is 18.7. The molecule has 1 aromatic heterocycles. The third-order valence-corrected chi connectivity index (χ3v) is 7.54. The lowest BCUT2D eigenvalue weighted by Gasteiger charge is -2.48. The number of rotatable bonds is 6. The predicted octanol–water partition coefficient (Wildman–Crippen LogP) is 4.27. The van der Waals surface area contributed by atoms with Gasteiger partial charge in [-0.05, 0) is 54.4 Å². The third kappa shape index (κ3) is 4.23. The summed E-state index contributed by atoms with van der Waals surface area (Å²) in [6, 6.07) is 14.8. The molecule has 4 heterocycles. The van der Waals surface area contributed by atoms with Crippen molar-refractivity contribution in [1.82, 2.24) is 4.98 Å². The van der Waals surface area contributed by atoms with Crippen LogP contribution in [-0.2, 0) is 4.74 Å². The van der Waals surface area contributed by atoms with Crippen LogP contribution >= 0.6 is 11.6 Å². The number of esters is 1. The molecule has 3 aliphatic heterocycles. The van der Waals surface area contributed by atoms with Crippen LogP contribution in [0.4, 0.5) is 0 Å². The Morgan fingerprint density at radius 1 is 1.24 bits per heavy atom. The Hall–Kier alpha value is -2.89. The van der Waals surface area contributed by atoms with Gasteiger partial charge < -0.3 is 14.4 Å². The van der Waals surface area contributed by atoms with Gasteiger partial charge in [0, 0.05) is 40.9 Å². The zero-order chi connectivity index (χ0) is 22.9. The summed E-state index contributed by atoms with van der Waals surface area (Å²) < 4.78 is 11.8. The van der Waals surface area contributed by atoms with E-state index in [-0.39, 0.29) is 12.0 Å². The van der Waals surface area contributed by atoms with Crippen molar-refractivity contribution < 1.29 is 19.2 Å². The first-order chi connectivity index (χ1) is 16.1. The fourth-order valence-electron chi connectivity index (χ4n) is 5.55. The van der Waals surface area contributed by atoms with E-state index in [9.17, 15) is 4.79 Å². The lowest BCUT2D eigenvalue weighted by atomic mass is 9.73. The van der Waals surface area contributed by atoms with Gasteiger partial charge in [0.1, 0.15) is 11.8 Å². The maximum absolute atomic E-state index is 13.2. The van der Waals surface area contributed by atoms with Gasteiger partial charge in [-0.3, -0.25) is 4.98 Å². The first kappa shape index (κ1) is 21.9. The lowest BCUT2D eigenvalue weighted by molar-refractivity contribution is -0.949. The highest BCUT2D eigenvalue weighted by Crippen LogP contribution is 2.37. The number of piperidine rings is 3. The molecule has 3 aliphatic rings. The summed E-state index contributed by atoms with van der Waals surface area (Å²) in [5.74, 6) is 1.51. The summed E-state index contributed by atoms with van der Waals surface area (Å²) in [6.07, 6.45) is 5.69. The number of pyridine rings is 1. The molecule has 1 N–H and O–H groups in total. The number of carbonyl (C=O) groups is 1. The molecule has 0 aliphatic carbocycles. The second kappa shape index (κ2) is 9.16. The number of quaternary nitrogens is 1. The van der Waals surface area contributed by atoms with E-state index in [0.717, 1.165) is 41.7 Å². The summed E-state index contributed by atoms with van der Waals surface area (Å²) in [6.45, 7) is 6.17. The molecule has 170 valence electrons. The number of benzene rings is 2. The number of nitrogens with zero attached hydrogens (tertiary/aromatic N) is 1. The Balaban J connectivity index is 1.56. The fourth-order valence-corrected chi connectivity index (χ4v) is 5.67. The molecule has 0 amide bonds. The van der Waals surface area contributed by atoms with Gasteiger partial charge in [-0.2, -0.15) is 0 Å². The third-order valence-electron chi connectivity index (χ3n) is 7.29. The molecule has 0 spiro atoms. The molecule has 3 fully saturated rings. The normalized spacial score (nSPS) is 24.9. The number of nitrogens with one attached hydrogen (secondary N) is 1. The van der Waals surface area contributed by atoms with Gasteiger partial charge in [0.2, 0.25) is 0 Å². The van der Waals surface area contributed by atoms with Gasteiger partial charge in [0.25, 0.3) is 0 Å². The minimum atomic E-state index is -0.394. The average Bonchev–Trinajstić information content (AvgIpc) is 2.87. The van der Waals surface area contributed by atoms with Crippen LogP contribution in [0.3, 0.4) is 0 Å². The van der Waals surface area contributed by atoms with Crippen LogP contribution in [0.15, 0.2) is 67.4 Å². The summed E-state index contributed by atoms with van der Waals surface area (Å²) >= 11 is 6.02. The molecule has 33 heavy (non-hydrogen) atoms. The highest BCUT2D eigenvalue weighted by atomic mass is 35.5. The number of hydrogen-bond donors (Lipinski definition) is 1. The van der Waals surface area contributed by atoms with E-state index in [4.69, 9.17) is 21.1 Å². The first-order valence-corrected chi connectivity index (χ1v) is 11.8. The molecule has 3 aromatic rings. The van der Waals surface area contributed by atoms with Crippen molar-refractivity contribution in [1.29, 1.82) is 0 Å². The van der Waals surface area contributed by atoms with E-state index in [1.165, 1.54) is 11.3 Å². The van der Waals surface area contributed by atoms with Crippen molar-refractivity contribution in [3.05, 3.63) is 83.5 Å². The van der Waals surface area contributed by atoms with Crippen molar-refractivity contribution in [2.24, 2.45) is 11.8 Å². The smallest absolute Gasteiger partial charge is 0.338 e. The highest BCUT2D eigenvalue weighted by Gasteiger charge is 2.47. The number of aromatic nitrogens is 1. The van der Waals surface area contributed by atoms with Crippen molar-refractivity contribution in [3.63, 3.8) is 0 Å². The first-order valence-electron chi connectivity index (χ1n) is 11.4. The summed E-state index contributed by atoms with van der Waals surface area (Å²) in [5, 5.41) is 1.54. The van der Waals surface area contributed by atoms with Crippen molar-refractivity contribution in [2.75, 3.05) is 20.2 Å². The number of ether oxygens (including phenoxy) is 2. The SMILES string of the molecule is C=C[C@H]1C[NH+]2CC[C@H]1C[C@H]2[C@@H](OC(=O)c1ccc(Cl)cc1)c1ccnc2ccc(OC)cc12. The molecular formula is C27H28ClN2O3+. The molecule has 3 saturated heterocycles.